The molecule has 2 nitrogen and oxygen atoms in total. The first kappa shape index (κ1) is 12.2. The van der Waals surface area contributed by atoms with Gasteiger partial charge >= 0.3 is 0 Å². The molecule has 1 aliphatic carbocycles. The lowest BCUT2D eigenvalue weighted by Crippen LogP contribution is -2.41. The highest BCUT2D eigenvalue weighted by atomic mass is 28.4. The topological polar surface area (TPSA) is 29.5 Å². The number of hydrogen-bond donors (Lipinski definition) is 1. The average Bonchev–Trinajstić information content (AvgIpc) is 2.63. The molecule has 0 aromatic carbocycles. The monoisotopic (exact) mass is 216 g/mol. The van der Waals surface area contributed by atoms with E-state index in [4.69, 9.17) is 4.43 Å². The standard InChI is InChI=1S/C11H24O2Si/c1-11(2,3)14(4,5)13-7-6-9-8-10(9)12/h9-10,12H,6-8H2,1-5H3/t9?,10-/m1/s1. The van der Waals surface area contributed by atoms with Crippen LogP contribution < -0.4 is 0 Å². The Morgan fingerprint density at radius 1 is 1.36 bits per heavy atom. The van der Waals surface area contributed by atoms with Gasteiger partial charge in [0.05, 0.1) is 6.10 Å². The summed E-state index contributed by atoms with van der Waals surface area (Å²) in [6.07, 6.45) is 1.99. The van der Waals surface area contributed by atoms with Crippen LogP contribution in [0.1, 0.15) is 33.6 Å². The molecule has 2 atom stereocenters. The zero-order valence-electron chi connectivity index (χ0n) is 10.1. The van der Waals surface area contributed by atoms with Gasteiger partial charge in [-0.15, -0.1) is 0 Å². The normalized spacial score (nSPS) is 27.9. The molecule has 3 heteroatoms. The zero-order chi connectivity index (χ0) is 11.0. The Labute approximate surface area is 88.8 Å². The van der Waals surface area contributed by atoms with Crippen LogP contribution in [0.5, 0.6) is 0 Å². The lowest BCUT2D eigenvalue weighted by atomic mass is 10.2. The molecule has 84 valence electrons. The van der Waals surface area contributed by atoms with Crippen molar-refractivity contribution in [3.63, 3.8) is 0 Å². The van der Waals surface area contributed by atoms with Crippen molar-refractivity contribution in [1.82, 2.24) is 0 Å². The number of hydrogen-bond acceptors (Lipinski definition) is 2. The first-order chi connectivity index (χ1) is 6.24. The van der Waals surface area contributed by atoms with Crippen LogP contribution in [0.2, 0.25) is 18.1 Å². The van der Waals surface area contributed by atoms with E-state index in [-0.39, 0.29) is 6.10 Å². The highest BCUT2D eigenvalue weighted by Crippen LogP contribution is 2.38. The molecule has 0 saturated heterocycles. The van der Waals surface area contributed by atoms with E-state index in [1.54, 1.807) is 0 Å². The molecule has 14 heavy (non-hydrogen) atoms. The molecule has 0 aliphatic heterocycles. The van der Waals surface area contributed by atoms with Gasteiger partial charge < -0.3 is 9.53 Å². The highest BCUT2D eigenvalue weighted by molar-refractivity contribution is 6.74. The zero-order valence-corrected chi connectivity index (χ0v) is 11.1. The Bertz CT molecular complexity index is 196. The van der Waals surface area contributed by atoms with E-state index in [0.717, 1.165) is 19.4 Å². The lowest BCUT2D eigenvalue weighted by Gasteiger charge is -2.36. The van der Waals surface area contributed by atoms with E-state index >= 15 is 0 Å². The third kappa shape index (κ3) is 3.07. The molecule has 1 N–H and O–H groups in total. The molecule has 1 fully saturated rings. The van der Waals surface area contributed by atoms with E-state index in [1.807, 2.05) is 0 Å². The van der Waals surface area contributed by atoms with Crippen LogP contribution in [0, 0.1) is 5.92 Å². The van der Waals surface area contributed by atoms with Crippen molar-refractivity contribution >= 4 is 8.32 Å². The van der Waals surface area contributed by atoms with Gasteiger partial charge in [0.25, 0.3) is 0 Å². The third-order valence-electron chi connectivity index (χ3n) is 3.64. The van der Waals surface area contributed by atoms with Crippen molar-refractivity contribution in [3.05, 3.63) is 0 Å². The minimum atomic E-state index is -1.55. The largest absolute Gasteiger partial charge is 0.417 e. The molecule has 0 aromatic rings. The Kier molecular flexibility index (Phi) is 3.44. The molecule has 0 heterocycles. The number of aliphatic hydroxyl groups is 1. The van der Waals surface area contributed by atoms with Crippen LogP contribution in [0.15, 0.2) is 0 Å². The van der Waals surface area contributed by atoms with Crippen LogP contribution in [0.4, 0.5) is 0 Å². The van der Waals surface area contributed by atoms with Crippen molar-refractivity contribution in [2.24, 2.45) is 5.92 Å². The van der Waals surface area contributed by atoms with E-state index in [0.29, 0.717) is 11.0 Å². The quantitative estimate of drug-likeness (QED) is 0.732. The second-order valence-electron chi connectivity index (χ2n) is 5.96. The van der Waals surface area contributed by atoms with E-state index in [2.05, 4.69) is 33.9 Å². The fourth-order valence-corrected chi connectivity index (χ4v) is 2.28. The Morgan fingerprint density at radius 3 is 2.21 bits per heavy atom. The molecule has 1 aliphatic rings. The van der Waals surface area contributed by atoms with Gasteiger partial charge in [0.2, 0.25) is 0 Å². The fourth-order valence-electron chi connectivity index (χ4n) is 1.22. The number of aliphatic hydroxyl groups excluding tert-OH is 1. The van der Waals surface area contributed by atoms with Crippen molar-refractivity contribution in [3.8, 4) is 0 Å². The fraction of sp³-hybridized carbons (Fsp3) is 1.00. The molecular formula is C11H24O2Si. The van der Waals surface area contributed by atoms with Gasteiger partial charge in [-0.25, -0.2) is 0 Å². The Hall–Kier alpha value is 0.137. The lowest BCUT2D eigenvalue weighted by molar-refractivity contribution is 0.231. The first-order valence-electron chi connectivity index (χ1n) is 5.56. The summed E-state index contributed by atoms with van der Waals surface area (Å²) in [5.41, 5.74) is 0. The summed E-state index contributed by atoms with van der Waals surface area (Å²) in [6.45, 7) is 12.1. The Morgan fingerprint density at radius 2 is 1.86 bits per heavy atom. The first-order valence-corrected chi connectivity index (χ1v) is 8.47. The van der Waals surface area contributed by atoms with E-state index in [1.165, 1.54) is 0 Å². The SMILES string of the molecule is CC(C)(C)[Si](C)(C)OCCC1C[C@H]1O. The van der Waals surface area contributed by atoms with Gasteiger partial charge in [-0.3, -0.25) is 0 Å². The molecule has 0 bridgehead atoms. The molecule has 0 aromatic heterocycles. The second-order valence-corrected chi connectivity index (χ2v) is 10.8. The maximum absolute atomic E-state index is 9.17. The van der Waals surface area contributed by atoms with Gasteiger partial charge in [-0.2, -0.15) is 0 Å². The third-order valence-corrected chi connectivity index (χ3v) is 8.18. The molecular weight excluding hydrogens is 192 g/mol. The number of rotatable bonds is 4. The highest BCUT2D eigenvalue weighted by Gasteiger charge is 2.39. The smallest absolute Gasteiger partial charge is 0.191 e. The van der Waals surface area contributed by atoms with Gasteiger partial charge in [-0.05, 0) is 36.9 Å². The summed E-state index contributed by atoms with van der Waals surface area (Å²) in [5.74, 6) is 0.528. The summed E-state index contributed by atoms with van der Waals surface area (Å²) in [4.78, 5) is 0. The average molecular weight is 216 g/mol. The summed E-state index contributed by atoms with van der Waals surface area (Å²) in [5, 5.41) is 9.47. The maximum atomic E-state index is 9.17. The van der Waals surface area contributed by atoms with Crippen molar-refractivity contribution < 1.29 is 9.53 Å². The molecule has 0 spiro atoms. The molecule has 0 amide bonds. The minimum absolute atomic E-state index is 0.0296. The van der Waals surface area contributed by atoms with Crippen LogP contribution >= 0.6 is 0 Å². The predicted octanol–water partition coefficient (Wildman–Crippen LogP) is 2.78. The van der Waals surface area contributed by atoms with Crippen LogP contribution in [0.25, 0.3) is 0 Å². The van der Waals surface area contributed by atoms with Gasteiger partial charge in [0.1, 0.15) is 0 Å². The van der Waals surface area contributed by atoms with Gasteiger partial charge in [0, 0.05) is 6.61 Å². The van der Waals surface area contributed by atoms with Crippen molar-refractivity contribution in [1.29, 1.82) is 0 Å². The predicted molar refractivity (Wildman–Crippen MR) is 61.9 cm³/mol. The summed E-state index contributed by atoms with van der Waals surface area (Å²) in [6, 6.07) is 0. The Balaban J connectivity index is 2.22. The summed E-state index contributed by atoms with van der Waals surface area (Å²) >= 11 is 0. The van der Waals surface area contributed by atoms with Gasteiger partial charge in [-0.1, -0.05) is 20.8 Å². The van der Waals surface area contributed by atoms with Crippen molar-refractivity contribution in [2.75, 3.05) is 6.61 Å². The molecule has 1 saturated carbocycles. The van der Waals surface area contributed by atoms with Crippen LogP contribution in [0.3, 0.4) is 0 Å². The van der Waals surface area contributed by atoms with E-state index in [9.17, 15) is 5.11 Å². The minimum Gasteiger partial charge on any atom is -0.417 e. The van der Waals surface area contributed by atoms with E-state index < -0.39 is 8.32 Å². The van der Waals surface area contributed by atoms with Crippen LogP contribution in [-0.4, -0.2) is 26.1 Å². The van der Waals surface area contributed by atoms with Crippen LogP contribution in [-0.2, 0) is 4.43 Å². The molecule has 1 rings (SSSR count). The molecule has 0 radical (unpaired) electrons. The second kappa shape index (κ2) is 3.95. The molecule has 1 unspecified atom stereocenters. The summed E-state index contributed by atoms with van der Waals surface area (Å²) in [7, 11) is -1.55. The maximum Gasteiger partial charge on any atom is 0.191 e. The van der Waals surface area contributed by atoms with Gasteiger partial charge in [0.15, 0.2) is 8.32 Å². The van der Waals surface area contributed by atoms with Crippen molar-refractivity contribution in [2.45, 2.75) is 57.8 Å². The summed E-state index contributed by atoms with van der Waals surface area (Å²) < 4.78 is 6.02.